The molecule has 32 heavy (non-hydrogen) atoms. The Kier molecular flexibility index (Phi) is 7.77. The molecule has 2 fully saturated rings. The van der Waals surface area contributed by atoms with Crippen molar-refractivity contribution in [2.45, 2.75) is 102 Å². The maximum atomic E-state index is 13.6. The van der Waals surface area contributed by atoms with E-state index in [0.29, 0.717) is 34.9 Å². The van der Waals surface area contributed by atoms with Crippen LogP contribution < -0.4 is 5.56 Å². The molecule has 2 heterocycles. The lowest BCUT2D eigenvalue weighted by Crippen LogP contribution is -2.49. The third-order valence-electron chi connectivity index (χ3n) is 7.11. The van der Waals surface area contributed by atoms with Crippen LogP contribution in [0.5, 0.6) is 0 Å². The van der Waals surface area contributed by atoms with Crippen LogP contribution in [0.3, 0.4) is 0 Å². The summed E-state index contributed by atoms with van der Waals surface area (Å²) in [7, 11) is 0. The molecule has 2 saturated carbocycles. The van der Waals surface area contributed by atoms with Crippen molar-refractivity contribution >= 4 is 39.2 Å². The zero-order valence-corrected chi connectivity index (χ0v) is 21.0. The van der Waals surface area contributed by atoms with Crippen LogP contribution in [0.2, 0.25) is 0 Å². The molecule has 0 radical (unpaired) electrons. The SMILES string of the molecule is C=CCn1c(SCC(=O)N(C2CCCCC2)C2CCCCC2)nc2sc(C)c(C)c2c1=O. The van der Waals surface area contributed by atoms with Crippen LogP contribution in [0.1, 0.15) is 74.6 Å². The highest BCUT2D eigenvalue weighted by Crippen LogP contribution is 2.32. The molecule has 0 N–H and O–H groups in total. The number of hydrogen-bond acceptors (Lipinski definition) is 5. The summed E-state index contributed by atoms with van der Waals surface area (Å²) in [5, 5.41) is 1.33. The zero-order valence-electron chi connectivity index (χ0n) is 19.4. The predicted octanol–water partition coefficient (Wildman–Crippen LogP) is 5.85. The molecule has 2 aromatic heterocycles. The number of amides is 1. The van der Waals surface area contributed by atoms with Crippen LogP contribution in [0, 0.1) is 13.8 Å². The smallest absolute Gasteiger partial charge is 0.263 e. The highest BCUT2D eigenvalue weighted by Gasteiger charge is 2.32. The number of allylic oxidation sites excluding steroid dienone is 1. The Hall–Kier alpha value is -1.60. The minimum atomic E-state index is -0.0249. The molecule has 0 aromatic carbocycles. The first-order chi connectivity index (χ1) is 15.5. The van der Waals surface area contributed by atoms with Crippen molar-refractivity contribution in [3.8, 4) is 0 Å². The molecule has 0 aliphatic heterocycles. The molecule has 2 aliphatic carbocycles. The third-order valence-corrected chi connectivity index (χ3v) is 9.18. The van der Waals surface area contributed by atoms with Gasteiger partial charge in [0, 0.05) is 23.5 Å². The molecule has 1 amide bonds. The second kappa shape index (κ2) is 10.6. The van der Waals surface area contributed by atoms with Gasteiger partial charge in [0.05, 0.1) is 11.1 Å². The average Bonchev–Trinajstić information content (AvgIpc) is 3.09. The van der Waals surface area contributed by atoms with E-state index >= 15 is 0 Å². The monoisotopic (exact) mass is 473 g/mol. The number of nitrogens with zero attached hydrogens (tertiary/aromatic N) is 3. The minimum absolute atomic E-state index is 0.0249. The van der Waals surface area contributed by atoms with Crippen molar-refractivity contribution in [2.75, 3.05) is 5.75 Å². The molecule has 5 nitrogen and oxygen atoms in total. The van der Waals surface area contributed by atoms with E-state index in [4.69, 9.17) is 4.98 Å². The molecule has 0 saturated heterocycles. The van der Waals surface area contributed by atoms with Crippen molar-refractivity contribution in [1.82, 2.24) is 14.5 Å². The van der Waals surface area contributed by atoms with E-state index in [1.54, 1.807) is 22.0 Å². The standard InChI is InChI=1S/C25H35N3O2S2/c1-4-15-27-24(30)22-17(2)18(3)32-23(22)26-25(27)31-16-21(29)28(19-11-7-5-8-12-19)20-13-9-6-10-14-20/h4,19-20H,1,5-16H2,2-3H3. The summed E-state index contributed by atoms with van der Waals surface area (Å²) in [5.74, 6) is 0.553. The summed E-state index contributed by atoms with van der Waals surface area (Å²) in [5.41, 5.74) is 0.983. The highest BCUT2D eigenvalue weighted by molar-refractivity contribution is 7.99. The highest BCUT2D eigenvalue weighted by atomic mass is 32.2. The van der Waals surface area contributed by atoms with Crippen molar-refractivity contribution in [1.29, 1.82) is 0 Å². The maximum Gasteiger partial charge on any atom is 0.263 e. The quantitative estimate of drug-likeness (QED) is 0.288. The van der Waals surface area contributed by atoms with E-state index in [1.165, 1.54) is 50.3 Å². The average molecular weight is 474 g/mol. The maximum absolute atomic E-state index is 13.6. The summed E-state index contributed by atoms with van der Waals surface area (Å²) in [6, 6.07) is 0.765. The Morgan fingerprint density at radius 2 is 1.72 bits per heavy atom. The fraction of sp³-hybridized carbons (Fsp3) is 0.640. The fourth-order valence-electron chi connectivity index (χ4n) is 5.33. The van der Waals surface area contributed by atoms with Crippen LogP contribution in [0.4, 0.5) is 0 Å². The third kappa shape index (κ3) is 4.84. The zero-order chi connectivity index (χ0) is 22.7. The topological polar surface area (TPSA) is 55.2 Å². The van der Waals surface area contributed by atoms with Gasteiger partial charge in [-0.05, 0) is 45.1 Å². The summed E-state index contributed by atoms with van der Waals surface area (Å²) in [6.45, 7) is 8.24. The first kappa shape index (κ1) is 23.6. The molecule has 0 atom stereocenters. The van der Waals surface area contributed by atoms with Gasteiger partial charge in [-0.1, -0.05) is 56.4 Å². The van der Waals surface area contributed by atoms with E-state index in [9.17, 15) is 9.59 Å². The first-order valence-corrected chi connectivity index (χ1v) is 13.9. The van der Waals surface area contributed by atoms with Gasteiger partial charge in [0.2, 0.25) is 5.91 Å². The molecule has 4 rings (SSSR count). The lowest BCUT2D eigenvalue weighted by Gasteiger charge is -2.41. The largest absolute Gasteiger partial charge is 0.336 e. The van der Waals surface area contributed by atoms with Crippen molar-refractivity contribution in [3.05, 3.63) is 33.4 Å². The van der Waals surface area contributed by atoms with Gasteiger partial charge in [-0.2, -0.15) is 0 Å². The van der Waals surface area contributed by atoms with Crippen LogP contribution in [0.25, 0.3) is 10.2 Å². The van der Waals surface area contributed by atoms with Crippen LogP contribution in [-0.2, 0) is 11.3 Å². The molecule has 0 unspecified atom stereocenters. The molecule has 2 aromatic rings. The lowest BCUT2D eigenvalue weighted by atomic mass is 9.88. The number of aromatic nitrogens is 2. The van der Waals surface area contributed by atoms with Gasteiger partial charge in [-0.15, -0.1) is 17.9 Å². The van der Waals surface area contributed by atoms with Gasteiger partial charge in [0.1, 0.15) is 4.83 Å². The number of aryl methyl sites for hydroxylation is 2. The van der Waals surface area contributed by atoms with Crippen molar-refractivity contribution < 1.29 is 4.79 Å². The second-order valence-electron chi connectivity index (χ2n) is 9.24. The molecule has 2 aliphatic rings. The van der Waals surface area contributed by atoms with Gasteiger partial charge in [0.25, 0.3) is 5.56 Å². The Morgan fingerprint density at radius 1 is 1.12 bits per heavy atom. The molecule has 0 spiro atoms. The van der Waals surface area contributed by atoms with E-state index in [0.717, 1.165) is 41.0 Å². The Balaban J connectivity index is 1.59. The Bertz CT molecular complexity index is 1010. The number of fused-ring (bicyclic) bond motifs is 1. The molecular weight excluding hydrogens is 438 g/mol. The predicted molar refractivity (Wildman–Crippen MR) is 135 cm³/mol. The van der Waals surface area contributed by atoms with Crippen LogP contribution in [0.15, 0.2) is 22.6 Å². The summed E-state index contributed by atoms with van der Waals surface area (Å²) in [6.07, 6.45) is 13.7. The van der Waals surface area contributed by atoms with Crippen molar-refractivity contribution in [3.63, 3.8) is 0 Å². The van der Waals surface area contributed by atoms with Crippen molar-refractivity contribution in [2.24, 2.45) is 0 Å². The van der Waals surface area contributed by atoms with Crippen LogP contribution >= 0.6 is 23.1 Å². The first-order valence-electron chi connectivity index (χ1n) is 12.1. The minimum Gasteiger partial charge on any atom is -0.336 e. The van der Waals surface area contributed by atoms with Gasteiger partial charge >= 0.3 is 0 Å². The summed E-state index contributed by atoms with van der Waals surface area (Å²) < 4.78 is 1.68. The number of thioether (sulfide) groups is 1. The molecule has 7 heteroatoms. The number of carbonyl (C=O) groups is 1. The Labute approximate surface area is 199 Å². The summed E-state index contributed by atoms with van der Waals surface area (Å²) in [4.78, 5) is 35.7. The van der Waals surface area contributed by atoms with Gasteiger partial charge in [-0.25, -0.2) is 4.98 Å². The Morgan fingerprint density at radius 3 is 2.28 bits per heavy atom. The second-order valence-corrected chi connectivity index (χ2v) is 11.4. The van der Waals surface area contributed by atoms with E-state index in [1.807, 2.05) is 13.8 Å². The number of carbonyl (C=O) groups excluding carboxylic acids is 1. The van der Waals surface area contributed by atoms with Gasteiger partial charge in [0.15, 0.2) is 5.16 Å². The van der Waals surface area contributed by atoms with Gasteiger partial charge in [-0.3, -0.25) is 14.2 Å². The number of rotatable bonds is 7. The molecule has 174 valence electrons. The fourth-order valence-corrected chi connectivity index (χ4v) is 7.28. The molecule has 0 bridgehead atoms. The lowest BCUT2D eigenvalue weighted by molar-refractivity contribution is -0.135. The normalized spacial score (nSPS) is 18.2. The molecular formula is C25H35N3O2S2. The van der Waals surface area contributed by atoms with E-state index < -0.39 is 0 Å². The summed E-state index contributed by atoms with van der Waals surface area (Å²) >= 11 is 2.98. The van der Waals surface area contributed by atoms with Gasteiger partial charge < -0.3 is 4.90 Å². The number of thiophene rings is 1. The van der Waals surface area contributed by atoms with Crippen LogP contribution in [-0.4, -0.2) is 38.2 Å². The number of hydrogen-bond donors (Lipinski definition) is 0. The van der Waals surface area contributed by atoms with E-state index in [-0.39, 0.29) is 11.5 Å². The van der Waals surface area contributed by atoms with E-state index in [2.05, 4.69) is 11.5 Å².